The normalized spacial score (nSPS) is 14.3. The SMILES string of the molecule is CC[C@H](C)[C@H](NC(=O)[C@@H](N)CC(=O)O)C(=O)N[C@@H](Cc1ccc(O)cc1)C(=O)N[C@@H](CCCCN)C(=O)N[C@@H](CC(N)=O)C(=O)N[C@@H](CC(=O)O)C(=O)N[C@@H](Cc1ccc(O)cc1)C(=O)N[C@@H](Cc1ccc(O)cc1)C(=O)N[C@@H](CCCN=C(N)N)C(=O)O. The highest BCUT2D eigenvalue weighted by Gasteiger charge is 2.37. The molecule has 0 aromatic heterocycles. The molecule has 89 heavy (non-hydrogen) atoms. The van der Waals surface area contributed by atoms with E-state index in [1.165, 1.54) is 72.8 Å². The van der Waals surface area contributed by atoms with Crippen LogP contribution in [0.4, 0.5) is 0 Å². The third-order valence-corrected chi connectivity index (χ3v) is 13.7. The van der Waals surface area contributed by atoms with Crippen LogP contribution in [0.1, 0.15) is 88.3 Å². The van der Waals surface area contributed by atoms with E-state index in [-0.39, 0.29) is 86.8 Å². The molecule has 0 saturated heterocycles. The number of primary amides is 1. The summed E-state index contributed by atoms with van der Waals surface area (Å²) in [5.41, 5.74) is 28.8. The van der Waals surface area contributed by atoms with Gasteiger partial charge in [-0.2, -0.15) is 0 Å². The van der Waals surface area contributed by atoms with E-state index in [0.717, 1.165) is 0 Å². The topological polar surface area (TPSA) is 565 Å². The monoisotopic (exact) mass is 1250 g/mol. The number of carbonyl (C=O) groups is 12. The summed E-state index contributed by atoms with van der Waals surface area (Å²) in [5, 5.41) is 78.4. The van der Waals surface area contributed by atoms with E-state index in [1.807, 2.05) is 0 Å². The smallest absolute Gasteiger partial charge is 0.326 e. The molecule has 0 aliphatic rings. The summed E-state index contributed by atoms with van der Waals surface area (Å²) in [6.07, 6.45) is -3.55. The van der Waals surface area contributed by atoms with Crippen molar-refractivity contribution in [1.82, 2.24) is 42.5 Å². The molecule has 0 aliphatic carbocycles. The maximum Gasteiger partial charge on any atom is 0.326 e. The number of rotatable bonds is 39. The second kappa shape index (κ2) is 36.8. The van der Waals surface area contributed by atoms with Gasteiger partial charge in [0.15, 0.2) is 5.96 Å². The number of nitrogens with two attached hydrogens (primary N) is 5. The van der Waals surface area contributed by atoms with E-state index >= 15 is 0 Å². The van der Waals surface area contributed by atoms with E-state index in [2.05, 4.69) is 47.5 Å². The summed E-state index contributed by atoms with van der Waals surface area (Å²) < 4.78 is 0. The lowest BCUT2D eigenvalue weighted by molar-refractivity contribution is -0.142. The molecule has 0 unspecified atom stereocenters. The molecule has 3 rings (SSSR count). The zero-order valence-electron chi connectivity index (χ0n) is 49.0. The molecule has 9 amide bonds. The minimum atomic E-state index is -2.12. The molecular weight excluding hydrogens is 1170 g/mol. The lowest BCUT2D eigenvalue weighted by atomic mass is 9.96. The molecule has 0 bridgehead atoms. The van der Waals surface area contributed by atoms with Crippen molar-refractivity contribution in [2.45, 2.75) is 145 Å². The third kappa shape index (κ3) is 26.6. The predicted molar refractivity (Wildman–Crippen MR) is 317 cm³/mol. The molecule has 10 atom stereocenters. The van der Waals surface area contributed by atoms with E-state index in [1.54, 1.807) is 13.8 Å². The van der Waals surface area contributed by atoms with Crippen LogP contribution >= 0.6 is 0 Å². The van der Waals surface area contributed by atoms with E-state index in [0.29, 0.717) is 17.5 Å². The van der Waals surface area contributed by atoms with Crippen LogP contribution in [0, 0.1) is 5.92 Å². The maximum absolute atomic E-state index is 14.5. The first-order chi connectivity index (χ1) is 42.0. The Bertz CT molecular complexity index is 2970. The fourth-order valence-corrected chi connectivity index (χ4v) is 8.69. The fourth-order valence-electron chi connectivity index (χ4n) is 8.69. The molecule has 3 aromatic rings. The molecule has 0 fully saturated rings. The van der Waals surface area contributed by atoms with E-state index in [4.69, 9.17) is 28.7 Å². The molecule has 24 N–H and O–H groups in total. The number of phenols is 3. The van der Waals surface area contributed by atoms with Gasteiger partial charge in [-0.15, -0.1) is 0 Å². The van der Waals surface area contributed by atoms with Gasteiger partial charge in [-0.1, -0.05) is 56.7 Å². The average Bonchev–Trinajstić information content (AvgIpc) is 3.67. The van der Waals surface area contributed by atoms with Crippen LogP contribution in [0.3, 0.4) is 0 Å². The van der Waals surface area contributed by atoms with E-state index in [9.17, 15) is 88.2 Å². The number of guanidine groups is 1. The second-order valence-corrected chi connectivity index (χ2v) is 21.0. The van der Waals surface area contributed by atoms with Crippen molar-refractivity contribution in [3.63, 3.8) is 0 Å². The van der Waals surface area contributed by atoms with Crippen LogP contribution in [-0.4, -0.2) is 175 Å². The Balaban J connectivity index is 2.01. The van der Waals surface area contributed by atoms with Crippen molar-refractivity contribution in [3.8, 4) is 17.2 Å². The Hall–Kier alpha value is -10.1. The number of phenolic OH excluding ortho intramolecular Hbond substituents is 3. The first-order valence-electron chi connectivity index (χ1n) is 28.2. The van der Waals surface area contributed by atoms with Gasteiger partial charge in [0.2, 0.25) is 53.2 Å². The minimum absolute atomic E-state index is 0.00654. The van der Waals surface area contributed by atoms with Crippen molar-refractivity contribution < 1.29 is 88.2 Å². The first kappa shape index (κ1) is 73.1. The van der Waals surface area contributed by atoms with Gasteiger partial charge in [0.25, 0.3) is 0 Å². The number of carboxylic acid groups (broad SMARTS) is 3. The Kier molecular flexibility index (Phi) is 30.2. The molecule has 0 spiro atoms. The lowest BCUT2D eigenvalue weighted by Gasteiger charge is -2.29. The van der Waals surface area contributed by atoms with Crippen LogP contribution < -0.4 is 71.2 Å². The van der Waals surface area contributed by atoms with Gasteiger partial charge in [-0.25, -0.2) is 4.79 Å². The van der Waals surface area contributed by atoms with Gasteiger partial charge in [0.1, 0.15) is 65.6 Å². The van der Waals surface area contributed by atoms with Crippen LogP contribution in [0.2, 0.25) is 0 Å². The van der Waals surface area contributed by atoms with Crippen molar-refractivity contribution in [1.29, 1.82) is 0 Å². The summed E-state index contributed by atoms with van der Waals surface area (Å²) in [7, 11) is 0. The van der Waals surface area contributed by atoms with Gasteiger partial charge in [0, 0.05) is 25.8 Å². The number of unbranched alkanes of at least 4 members (excludes halogenated alkanes) is 1. The Morgan fingerprint density at radius 3 is 1.19 bits per heavy atom. The number of nitrogens with zero attached hydrogens (tertiary/aromatic N) is 1. The number of nitrogens with one attached hydrogen (secondary N) is 8. The Morgan fingerprint density at radius 1 is 0.449 bits per heavy atom. The van der Waals surface area contributed by atoms with Gasteiger partial charge in [-0.3, -0.25) is 57.7 Å². The van der Waals surface area contributed by atoms with Crippen LogP contribution in [0.15, 0.2) is 77.8 Å². The van der Waals surface area contributed by atoms with E-state index < -0.39 is 157 Å². The summed E-state index contributed by atoms with van der Waals surface area (Å²) in [4.78, 5) is 165. The standard InChI is InChI=1S/C57H80N14O18/c1-3-29(2)47(71-48(80)36(59)26-45(76)77)55(87)70-41(25-32-13-19-35(74)20-14-32)50(82)64-37(7-4-5-21-58)49(81)68-42(27-44(60)75)53(85)69-43(28-46(78)79)54(86)67-40(24-31-11-17-34(73)18-12-31)52(84)66-39(23-30-9-15-33(72)16-10-30)51(83)65-38(56(88)89)8-6-22-63-57(61)62/h9-20,29,36-43,47,72-74H,3-8,21-28,58-59H2,1-2H3,(H2,60,75)(H,64,82)(H,65,83)(H,66,84)(H,67,86)(H,68,81)(H,69,85)(H,70,87)(H,71,80)(H,76,77)(H,78,79)(H,88,89)(H4,61,62,63)/t29-,36-,37-,38-,39-,40-,41-,42-,43-,47-/m0/s1. The van der Waals surface area contributed by atoms with Crippen molar-refractivity contribution in [3.05, 3.63) is 89.5 Å². The molecule has 32 nitrogen and oxygen atoms in total. The summed E-state index contributed by atoms with van der Waals surface area (Å²) >= 11 is 0. The largest absolute Gasteiger partial charge is 0.508 e. The molecule has 3 aromatic carbocycles. The molecular formula is C57H80N14O18. The summed E-state index contributed by atoms with van der Waals surface area (Å²) in [6, 6.07) is 0.975. The number of benzene rings is 3. The molecule has 0 aliphatic heterocycles. The molecule has 486 valence electrons. The second-order valence-electron chi connectivity index (χ2n) is 21.0. The third-order valence-electron chi connectivity index (χ3n) is 13.7. The number of aromatic hydroxyl groups is 3. The molecule has 0 heterocycles. The van der Waals surface area contributed by atoms with Crippen molar-refractivity contribution >= 4 is 77.0 Å². The highest BCUT2D eigenvalue weighted by molar-refractivity contribution is 6.00. The molecule has 32 heteroatoms. The van der Waals surface area contributed by atoms with Gasteiger partial charge >= 0.3 is 17.9 Å². The fraction of sp³-hybridized carbons (Fsp3) is 0.456. The van der Waals surface area contributed by atoms with Crippen molar-refractivity contribution in [2.24, 2.45) is 39.6 Å². The van der Waals surface area contributed by atoms with Crippen LogP contribution in [-0.2, 0) is 76.8 Å². The zero-order valence-corrected chi connectivity index (χ0v) is 49.0. The molecule has 0 saturated carbocycles. The lowest BCUT2D eigenvalue weighted by Crippen LogP contribution is -2.61. The summed E-state index contributed by atoms with van der Waals surface area (Å²) in [6.45, 7) is 3.41. The number of carbonyl (C=O) groups excluding carboxylic acids is 9. The van der Waals surface area contributed by atoms with Crippen LogP contribution in [0.25, 0.3) is 0 Å². The Labute approximate surface area is 510 Å². The zero-order chi connectivity index (χ0) is 66.5. The maximum atomic E-state index is 14.5. The van der Waals surface area contributed by atoms with Crippen LogP contribution in [0.5, 0.6) is 17.2 Å². The summed E-state index contributed by atoms with van der Waals surface area (Å²) in [5.74, 6) is -16.0. The predicted octanol–water partition coefficient (Wildman–Crippen LogP) is -3.82. The number of hydrogen-bond donors (Lipinski definition) is 19. The number of amides is 9. The number of aliphatic carboxylic acids is 3. The van der Waals surface area contributed by atoms with Gasteiger partial charge in [0.05, 0.1) is 25.3 Å². The van der Waals surface area contributed by atoms with Crippen molar-refractivity contribution in [2.75, 3.05) is 13.1 Å². The number of aliphatic imine (C=N–C) groups is 1. The quantitative estimate of drug-likeness (QED) is 0.0148. The Morgan fingerprint density at radius 2 is 0.809 bits per heavy atom. The van der Waals surface area contributed by atoms with Gasteiger partial charge in [-0.05, 0) is 97.7 Å². The highest BCUT2D eigenvalue weighted by atomic mass is 16.4. The number of carboxylic acids is 3. The first-order valence-corrected chi connectivity index (χ1v) is 28.2. The minimum Gasteiger partial charge on any atom is -0.508 e. The highest BCUT2D eigenvalue weighted by Crippen LogP contribution is 2.17. The number of hydrogen-bond acceptors (Lipinski definition) is 18. The molecule has 0 radical (unpaired) electrons. The van der Waals surface area contributed by atoms with Gasteiger partial charge < -0.3 is 102 Å². The average molecular weight is 1250 g/mol.